The highest BCUT2D eigenvalue weighted by Crippen LogP contribution is 2.29. The van der Waals surface area contributed by atoms with Gasteiger partial charge in [0, 0.05) is 13.1 Å². The fraction of sp³-hybridized carbons (Fsp3) is 0.200. The zero-order valence-electron chi connectivity index (χ0n) is 14.5. The Kier molecular flexibility index (Phi) is 4.58. The van der Waals surface area contributed by atoms with E-state index in [1.165, 1.54) is 24.3 Å². The van der Waals surface area contributed by atoms with Crippen molar-refractivity contribution in [1.82, 2.24) is 15.1 Å². The molecule has 2 aromatic carbocycles. The van der Waals surface area contributed by atoms with E-state index < -0.39 is 0 Å². The lowest BCUT2D eigenvalue weighted by molar-refractivity contribution is 0.245. The zero-order chi connectivity index (χ0) is 18.8. The van der Waals surface area contributed by atoms with Gasteiger partial charge in [-0.2, -0.15) is 5.10 Å². The average molecular weight is 368 g/mol. The normalized spacial score (nSPS) is 13.3. The van der Waals surface area contributed by atoms with E-state index in [0.717, 1.165) is 29.9 Å². The molecule has 5 nitrogen and oxygen atoms in total. The third-order valence-electron chi connectivity index (χ3n) is 4.58. The first kappa shape index (κ1) is 17.2. The SMILES string of the molecule is O=C(NCc1cccc(F)c1)N1CCCc2c1cnn2-c1ccc(F)cc1. The van der Waals surface area contributed by atoms with Gasteiger partial charge in [-0.1, -0.05) is 12.1 Å². The Morgan fingerprint density at radius 2 is 1.93 bits per heavy atom. The summed E-state index contributed by atoms with van der Waals surface area (Å²) in [7, 11) is 0. The predicted octanol–water partition coefficient (Wildman–Crippen LogP) is 3.81. The predicted molar refractivity (Wildman–Crippen MR) is 97.8 cm³/mol. The van der Waals surface area contributed by atoms with Crippen LogP contribution in [0.25, 0.3) is 5.69 Å². The number of urea groups is 1. The molecule has 1 aliphatic heterocycles. The molecule has 0 radical (unpaired) electrons. The summed E-state index contributed by atoms with van der Waals surface area (Å²) in [6, 6.07) is 12.0. The molecule has 0 bridgehead atoms. The lowest BCUT2D eigenvalue weighted by Gasteiger charge is -2.27. The minimum atomic E-state index is -0.331. The van der Waals surface area contributed by atoms with Crippen molar-refractivity contribution in [2.75, 3.05) is 11.4 Å². The van der Waals surface area contributed by atoms with Gasteiger partial charge >= 0.3 is 6.03 Å². The number of fused-ring (bicyclic) bond motifs is 1. The van der Waals surface area contributed by atoms with Crippen molar-refractivity contribution < 1.29 is 13.6 Å². The van der Waals surface area contributed by atoms with E-state index in [1.54, 1.807) is 40.0 Å². The second-order valence-electron chi connectivity index (χ2n) is 6.41. The second kappa shape index (κ2) is 7.19. The van der Waals surface area contributed by atoms with Crippen molar-refractivity contribution in [2.24, 2.45) is 0 Å². The number of nitrogens with one attached hydrogen (secondary N) is 1. The van der Waals surface area contributed by atoms with Crippen LogP contribution in [-0.4, -0.2) is 22.4 Å². The van der Waals surface area contributed by atoms with E-state index in [-0.39, 0.29) is 24.2 Å². The number of carbonyl (C=O) groups is 1. The number of nitrogens with zero attached hydrogens (tertiary/aromatic N) is 3. The van der Waals surface area contributed by atoms with E-state index in [0.29, 0.717) is 12.1 Å². The Morgan fingerprint density at radius 3 is 2.70 bits per heavy atom. The summed E-state index contributed by atoms with van der Waals surface area (Å²) in [5.41, 5.74) is 3.10. The Morgan fingerprint density at radius 1 is 1.11 bits per heavy atom. The molecule has 1 N–H and O–H groups in total. The Hall–Kier alpha value is -3.22. The standard InChI is InChI=1S/C20H18F2N4O/c21-15-6-8-17(9-7-15)26-18-5-2-10-25(19(18)13-24-26)20(27)23-12-14-3-1-4-16(22)11-14/h1,3-4,6-9,11,13H,2,5,10,12H2,(H,23,27). The third kappa shape index (κ3) is 3.53. The third-order valence-corrected chi connectivity index (χ3v) is 4.58. The Balaban J connectivity index is 1.53. The molecule has 0 unspecified atom stereocenters. The van der Waals surface area contributed by atoms with Crippen LogP contribution in [0.5, 0.6) is 0 Å². The van der Waals surface area contributed by atoms with Crippen LogP contribution in [0.3, 0.4) is 0 Å². The molecular formula is C20H18F2N4O. The number of rotatable bonds is 3. The minimum absolute atomic E-state index is 0.245. The van der Waals surface area contributed by atoms with Crippen molar-refractivity contribution >= 4 is 11.7 Å². The van der Waals surface area contributed by atoms with Gasteiger partial charge in [-0.15, -0.1) is 0 Å². The molecular weight excluding hydrogens is 350 g/mol. The topological polar surface area (TPSA) is 50.2 Å². The summed E-state index contributed by atoms with van der Waals surface area (Å²) < 4.78 is 28.2. The van der Waals surface area contributed by atoms with E-state index in [1.807, 2.05) is 0 Å². The van der Waals surface area contributed by atoms with Crippen LogP contribution in [0.1, 0.15) is 17.7 Å². The van der Waals surface area contributed by atoms with Crippen LogP contribution in [0.2, 0.25) is 0 Å². The Bertz CT molecular complexity index is 968. The monoisotopic (exact) mass is 368 g/mol. The van der Waals surface area contributed by atoms with Crippen LogP contribution in [0.15, 0.2) is 54.7 Å². The molecule has 1 aromatic heterocycles. The average Bonchev–Trinajstić information content (AvgIpc) is 3.11. The molecule has 3 aromatic rings. The maximum Gasteiger partial charge on any atom is 0.322 e. The minimum Gasteiger partial charge on any atom is -0.334 e. The number of aromatic nitrogens is 2. The molecule has 0 saturated carbocycles. The Labute approximate surface area is 155 Å². The molecule has 138 valence electrons. The van der Waals surface area contributed by atoms with Crippen molar-refractivity contribution in [1.29, 1.82) is 0 Å². The highest BCUT2D eigenvalue weighted by atomic mass is 19.1. The van der Waals surface area contributed by atoms with Crippen LogP contribution in [-0.2, 0) is 13.0 Å². The van der Waals surface area contributed by atoms with E-state index >= 15 is 0 Å². The van der Waals surface area contributed by atoms with Gasteiger partial charge in [0.15, 0.2) is 0 Å². The van der Waals surface area contributed by atoms with Crippen LogP contribution in [0, 0.1) is 11.6 Å². The fourth-order valence-electron chi connectivity index (χ4n) is 3.29. The smallest absolute Gasteiger partial charge is 0.322 e. The quantitative estimate of drug-likeness (QED) is 0.764. The van der Waals surface area contributed by atoms with E-state index in [9.17, 15) is 13.6 Å². The number of hydrogen-bond acceptors (Lipinski definition) is 2. The maximum absolute atomic E-state index is 13.3. The molecule has 27 heavy (non-hydrogen) atoms. The number of amides is 2. The van der Waals surface area contributed by atoms with Gasteiger partial charge in [0.05, 0.1) is 23.3 Å². The summed E-state index contributed by atoms with van der Waals surface area (Å²) in [4.78, 5) is 14.3. The highest BCUT2D eigenvalue weighted by Gasteiger charge is 2.26. The molecule has 4 rings (SSSR count). The van der Waals surface area contributed by atoms with E-state index in [2.05, 4.69) is 10.4 Å². The number of halogens is 2. The zero-order valence-corrected chi connectivity index (χ0v) is 14.5. The number of hydrogen-bond donors (Lipinski definition) is 1. The van der Waals surface area contributed by atoms with Crippen LogP contribution < -0.4 is 10.2 Å². The van der Waals surface area contributed by atoms with Crippen molar-refractivity contribution in [3.63, 3.8) is 0 Å². The van der Waals surface area contributed by atoms with Gasteiger partial charge in [0.2, 0.25) is 0 Å². The molecule has 0 spiro atoms. The lowest BCUT2D eigenvalue weighted by Crippen LogP contribution is -2.42. The summed E-state index contributed by atoms with van der Waals surface area (Å²) >= 11 is 0. The molecule has 2 amide bonds. The molecule has 7 heteroatoms. The van der Waals surface area contributed by atoms with Gasteiger partial charge in [-0.3, -0.25) is 4.90 Å². The number of carbonyl (C=O) groups excluding carboxylic acids is 1. The summed E-state index contributed by atoms with van der Waals surface area (Å²) in [5, 5.41) is 7.21. The fourth-order valence-corrected chi connectivity index (χ4v) is 3.29. The van der Waals surface area contributed by atoms with Gasteiger partial charge in [0.25, 0.3) is 0 Å². The maximum atomic E-state index is 13.3. The van der Waals surface area contributed by atoms with Gasteiger partial charge in [-0.05, 0) is 54.8 Å². The number of benzene rings is 2. The molecule has 0 fully saturated rings. The number of anilines is 1. The molecule has 0 atom stereocenters. The highest BCUT2D eigenvalue weighted by molar-refractivity contribution is 5.93. The lowest BCUT2D eigenvalue weighted by atomic mass is 10.1. The van der Waals surface area contributed by atoms with Crippen molar-refractivity contribution in [2.45, 2.75) is 19.4 Å². The van der Waals surface area contributed by atoms with E-state index in [4.69, 9.17) is 0 Å². The first-order valence-corrected chi connectivity index (χ1v) is 8.74. The molecule has 0 saturated heterocycles. The van der Waals surface area contributed by atoms with Crippen LogP contribution in [0.4, 0.5) is 19.3 Å². The molecule has 1 aliphatic rings. The summed E-state index contributed by atoms with van der Waals surface area (Å²) in [6.07, 6.45) is 3.23. The van der Waals surface area contributed by atoms with Crippen LogP contribution >= 0.6 is 0 Å². The molecule has 2 heterocycles. The van der Waals surface area contributed by atoms with Crippen molar-refractivity contribution in [3.05, 3.63) is 77.6 Å². The van der Waals surface area contributed by atoms with Gasteiger partial charge in [0.1, 0.15) is 11.6 Å². The summed E-state index contributed by atoms with van der Waals surface area (Å²) in [5.74, 6) is -0.638. The second-order valence-corrected chi connectivity index (χ2v) is 6.41. The van der Waals surface area contributed by atoms with Gasteiger partial charge < -0.3 is 5.32 Å². The largest absolute Gasteiger partial charge is 0.334 e. The molecule has 0 aliphatic carbocycles. The summed E-state index contributed by atoms with van der Waals surface area (Å²) in [6.45, 7) is 0.825. The van der Waals surface area contributed by atoms with Gasteiger partial charge in [-0.25, -0.2) is 18.3 Å². The first-order valence-electron chi connectivity index (χ1n) is 8.74. The first-order chi connectivity index (χ1) is 13.1. The van der Waals surface area contributed by atoms with Crippen molar-refractivity contribution in [3.8, 4) is 5.69 Å².